The Balaban J connectivity index is 1.46. The van der Waals surface area contributed by atoms with Crippen LogP contribution in [0.4, 0.5) is 10.6 Å². The Kier molecular flexibility index (Phi) is 5.50. The van der Waals surface area contributed by atoms with Gasteiger partial charge in [-0.1, -0.05) is 0 Å². The number of urea groups is 1. The molecule has 8 nitrogen and oxygen atoms in total. The van der Waals surface area contributed by atoms with E-state index in [1.807, 2.05) is 42.2 Å². The first-order chi connectivity index (χ1) is 13.6. The number of amides is 2. The van der Waals surface area contributed by atoms with E-state index in [-0.39, 0.29) is 6.03 Å². The summed E-state index contributed by atoms with van der Waals surface area (Å²) >= 11 is 0. The van der Waals surface area contributed by atoms with E-state index in [9.17, 15) is 4.79 Å². The maximum absolute atomic E-state index is 12.9. The van der Waals surface area contributed by atoms with E-state index in [1.54, 1.807) is 11.8 Å². The molecule has 2 amide bonds. The van der Waals surface area contributed by atoms with Gasteiger partial charge in [-0.05, 0) is 56.4 Å². The maximum atomic E-state index is 12.9. The number of ether oxygens (including phenoxy) is 1. The van der Waals surface area contributed by atoms with Gasteiger partial charge < -0.3 is 9.64 Å². The number of carbonyl (C=O) groups is 1. The van der Waals surface area contributed by atoms with Gasteiger partial charge in [0.05, 0.1) is 18.5 Å². The second kappa shape index (κ2) is 8.20. The minimum Gasteiger partial charge on any atom is -0.497 e. The number of hydrogen-bond donors (Lipinski definition) is 3. The van der Waals surface area contributed by atoms with Gasteiger partial charge in [-0.3, -0.25) is 16.2 Å². The van der Waals surface area contributed by atoms with E-state index >= 15 is 0 Å². The summed E-state index contributed by atoms with van der Waals surface area (Å²) in [6.07, 6.45) is 3.31. The molecule has 150 valence electrons. The van der Waals surface area contributed by atoms with Crippen molar-refractivity contribution >= 4 is 11.8 Å². The van der Waals surface area contributed by atoms with Crippen molar-refractivity contribution in [3.63, 3.8) is 0 Å². The molecule has 8 heteroatoms. The number of likely N-dealkylation sites (tertiary alicyclic amines) is 1. The average molecular weight is 384 g/mol. The van der Waals surface area contributed by atoms with E-state index in [0.717, 1.165) is 56.0 Å². The first-order valence-electron chi connectivity index (χ1n) is 9.89. The number of anilines is 1. The molecule has 2 atom stereocenters. The summed E-state index contributed by atoms with van der Waals surface area (Å²) in [5, 5.41) is 7.60. The lowest BCUT2D eigenvalue weighted by molar-refractivity contribution is 0.162. The van der Waals surface area contributed by atoms with E-state index in [1.165, 1.54) is 0 Å². The van der Waals surface area contributed by atoms with Gasteiger partial charge in [-0.2, -0.15) is 5.10 Å². The van der Waals surface area contributed by atoms with E-state index < -0.39 is 0 Å². The molecule has 28 heavy (non-hydrogen) atoms. The zero-order chi connectivity index (χ0) is 19.5. The molecule has 0 radical (unpaired) electrons. The molecule has 2 aromatic rings. The average Bonchev–Trinajstić information content (AvgIpc) is 3.38. The standard InChI is InChI=1S/C20H28N6O2/c1-14-12-19(26(24-14)16-5-7-17(28-2)8-6-16)22-20(27)25-11-3-4-15(13-25)18-9-10-21-23-18/h5-8,12,15,18,21,23H,3-4,9-11,13H2,1-2H3,(H,22,27). The minimum atomic E-state index is -0.0645. The number of piperidine rings is 1. The van der Waals surface area contributed by atoms with E-state index in [2.05, 4.69) is 21.3 Å². The van der Waals surface area contributed by atoms with Crippen LogP contribution in [0.25, 0.3) is 5.69 Å². The van der Waals surface area contributed by atoms with Crippen LogP contribution in [0.15, 0.2) is 30.3 Å². The fourth-order valence-electron chi connectivity index (χ4n) is 4.08. The van der Waals surface area contributed by atoms with Crippen molar-refractivity contribution in [3.8, 4) is 11.4 Å². The van der Waals surface area contributed by atoms with Crippen LogP contribution >= 0.6 is 0 Å². The van der Waals surface area contributed by atoms with Crippen LogP contribution in [0.1, 0.15) is 25.0 Å². The third-order valence-corrected chi connectivity index (χ3v) is 5.57. The van der Waals surface area contributed by atoms with Gasteiger partial charge >= 0.3 is 6.03 Å². The molecule has 0 bridgehead atoms. The molecule has 1 aromatic carbocycles. The number of nitrogens with one attached hydrogen (secondary N) is 3. The van der Waals surface area contributed by atoms with Gasteiger partial charge in [0.15, 0.2) is 0 Å². The number of aromatic nitrogens is 2. The van der Waals surface area contributed by atoms with Crippen molar-refractivity contribution in [2.75, 3.05) is 32.1 Å². The molecular formula is C20H28N6O2. The molecule has 2 fully saturated rings. The highest BCUT2D eigenvalue weighted by atomic mass is 16.5. The summed E-state index contributed by atoms with van der Waals surface area (Å²) in [5.74, 6) is 1.95. The van der Waals surface area contributed by atoms with Gasteiger partial charge in [-0.25, -0.2) is 9.48 Å². The number of benzene rings is 1. The lowest BCUT2D eigenvalue weighted by Gasteiger charge is -2.35. The van der Waals surface area contributed by atoms with Crippen LogP contribution in [0.2, 0.25) is 0 Å². The number of methoxy groups -OCH3 is 1. The summed E-state index contributed by atoms with van der Waals surface area (Å²) in [5.41, 5.74) is 8.27. The predicted molar refractivity (Wildman–Crippen MR) is 108 cm³/mol. The number of nitrogens with zero attached hydrogens (tertiary/aromatic N) is 3. The van der Waals surface area contributed by atoms with Gasteiger partial charge in [0.2, 0.25) is 0 Å². The lowest BCUT2D eigenvalue weighted by Crippen LogP contribution is -2.48. The Morgan fingerprint density at radius 3 is 2.82 bits per heavy atom. The van der Waals surface area contributed by atoms with Crippen molar-refractivity contribution < 1.29 is 9.53 Å². The Morgan fingerprint density at radius 2 is 2.11 bits per heavy atom. The second-order valence-corrected chi connectivity index (χ2v) is 7.53. The van der Waals surface area contributed by atoms with Crippen LogP contribution in [0.3, 0.4) is 0 Å². The molecule has 2 aliphatic rings. The molecule has 2 aliphatic heterocycles. The molecule has 3 heterocycles. The highest BCUT2D eigenvalue weighted by Gasteiger charge is 2.31. The second-order valence-electron chi connectivity index (χ2n) is 7.53. The summed E-state index contributed by atoms with van der Waals surface area (Å²) in [4.78, 5) is 14.9. The van der Waals surface area contributed by atoms with E-state index in [4.69, 9.17) is 4.74 Å². The maximum Gasteiger partial charge on any atom is 0.323 e. The topological polar surface area (TPSA) is 83.5 Å². The van der Waals surface area contributed by atoms with Gasteiger partial charge in [0.25, 0.3) is 0 Å². The number of hydrazine groups is 1. The molecule has 2 saturated heterocycles. The first kappa shape index (κ1) is 18.8. The number of hydrogen-bond acceptors (Lipinski definition) is 5. The third kappa shape index (κ3) is 3.98. The molecule has 4 rings (SSSR count). The SMILES string of the molecule is COc1ccc(-n2nc(C)cc2NC(=O)N2CCCC(C3CCNN3)C2)cc1. The quantitative estimate of drug-likeness (QED) is 0.753. The minimum absolute atomic E-state index is 0.0645. The Hall–Kier alpha value is -2.58. The molecule has 0 saturated carbocycles. The zero-order valence-electron chi connectivity index (χ0n) is 16.4. The fraction of sp³-hybridized carbons (Fsp3) is 0.500. The predicted octanol–water partition coefficient (Wildman–Crippen LogP) is 2.30. The highest BCUT2D eigenvalue weighted by Crippen LogP contribution is 2.24. The number of aryl methyl sites for hydroxylation is 1. The Morgan fingerprint density at radius 1 is 1.29 bits per heavy atom. The van der Waals surface area contributed by atoms with Gasteiger partial charge in [0.1, 0.15) is 11.6 Å². The highest BCUT2D eigenvalue weighted by molar-refractivity contribution is 5.89. The largest absolute Gasteiger partial charge is 0.497 e. The fourth-order valence-corrected chi connectivity index (χ4v) is 4.08. The Labute approximate surface area is 165 Å². The number of rotatable bonds is 4. The summed E-state index contributed by atoms with van der Waals surface area (Å²) in [7, 11) is 1.64. The van der Waals surface area contributed by atoms with Crippen molar-refractivity contribution in [2.45, 2.75) is 32.2 Å². The van der Waals surface area contributed by atoms with Crippen LogP contribution in [-0.4, -0.2) is 53.5 Å². The third-order valence-electron chi connectivity index (χ3n) is 5.57. The van der Waals surface area contributed by atoms with Gasteiger partial charge in [0, 0.05) is 31.7 Å². The smallest absolute Gasteiger partial charge is 0.323 e. The monoisotopic (exact) mass is 384 g/mol. The summed E-state index contributed by atoms with van der Waals surface area (Å²) in [6, 6.07) is 9.90. The summed E-state index contributed by atoms with van der Waals surface area (Å²) < 4.78 is 6.98. The first-order valence-corrected chi connectivity index (χ1v) is 9.89. The van der Waals surface area contributed by atoms with Crippen LogP contribution < -0.4 is 20.9 Å². The molecule has 1 aromatic heterocycles. The normalized spacial score (nSPS) is 22.3. The van der Waals surface area contributed by atoms with Crippen molar-refractivity contribution in [3.05, 3.63) is 36.0 Å². The summed E-state index contributed by atoms with van der Waals surface area (Å²) in [6.45, 7) is 4.48. The molecule has 3 N–H and O–H groups in total. The van der Waals surface area contributed by atoms with Crippen molar-refractivity contribution in [2.24, 2.45) is 5.92 Å². The van der Waals surface area contributed by atoms with Crippen LogP contribution in [-0.2, 0) is 0 Å². The number of carbonyl (C=O) groups excluding carboxylic acids is 1. The lowest BCUT2D eigenvalue weighted by atomic mass is 9.90. The molecule has 2 unspecified atom stereocenters. The van der Waals surface area contributed by atoms with Gasteiger partial charge in [-0.15, -0.1) is 0 Å². The molecule has 0 spiro atoms. The van der Waals surface area contributed by atoms with Crippen molar-refractivity contribution in [1.29, 1.82) is 0 Å². The van der Waals surface area contributed by atoms with E-state index in [0.29, 0.717) is 17.8 Å². The zero-order valence-corrected chi connectivity index (χ0v) is 16.4. The Bertz CT molecular complexity index is 813. The molecular weight excluding hydrogens is 356 g/mol. The molecule has 0 aliphatic carbocycles. The van der Waals surface area contributed by atoms with Crippen LogP contribution in [0, 0.1) is 12.8 Å². The van der Waals surface area contributed by atoms with Crippen molar-refractivity contribution in [1.82, 2.24) is 25.5 Å². The van der Waals surface area contributed by atoms with Crippen LogP contribution in [0.5, 0.6) is 5.75 Å².